The van der Waals surface area contributed by atoms with E-state index < -0.39 is 0 Å². The molecule has 0 unspecified atom stereocenters. The van der Waals surface area contributed by atoms with Gasteiger partial charge in [0.25, 0.3) is 0 Å². The van der Waals surface area contributed by atoms with E-state index in [-0.39, 0.29) is 0 Å². The molecule has 0 saturated heterocycles. The van der Waals surface area contributed by atoms with E-state index in [0.29, 0.717) is 0 Å². The minimum atomic E-state index is 0.894. The van der Waals surface area contributed by atoms with Gasteiger partial charge in [0.2, 0.25) is 0 Å². The Balaban J connectivity index is 1.98. The SMILES string of the molecule is CCCCc1cc(-c2nc3ccccc3s2)c(N)s1. The average Bonchev–Trinajstić information content (AvgIpc) is 2.99. The van der Waals surface area contributed by atoms with Crippen molar-refractivity contribution in [2.45, 2.75) is 26.2 Å². The molecular weight excluding hydrogens is 272 g/mol. The van der Waals surface area contributed by atoms with Crippen LogP contribution in [0.5, 0.6) is 0 Å². The van der Waals surface area contributed by atoms with Crippen molar-refractivity contribution in [3.8, 4) is 10.6 Å². The van der Waals surface area contributed by atoms with Gasteiger partial charge in [0.15, 0.2) is 0 Å². The van der Waals surface area contributed by atoms with Crippen LogP contribution in [0.3, 0.4) is 0 Å². The minimum Gasteiger partial charge on any atom is -0.390 e. The van der Waals surface area contributed by atoms with E-state index in [1.807, 2.05) is 12.1 Å². The van der Waals surface area contributed by atoms with Gasteiger partial charge in [-0.2, -0.15) is 0 Å². The molecule has 0 radical (unpaired) electrons. The van der Waals surface area contributed by atoms with Gasteiger partial charge in [0, 0.05) is 10.4 Å². The van der Waals surface area contributed by atoms with Crippen LogP contribution in [-0.4, -0.2) is 4.98 Å². The van der Waals surface area contributed by atoms with E-state index >= 15 is 0 Å². The molecule has 0 amide bonds. The second-order valence-corrected chi connectivity index (χ2v) is 6.78. The van der Waals surface area contributed by atoms with Crippen molar-refractivity contribution in [3.63, 3.8) is 0 Å². The van der Waals surface area contributed by atoms with Gasteiger partial charge in [-0.3, -0.25) is 0 Å². The largest absolute Gasteiger partial charge is 0.390 e. The topological polar surface area (TPSA) is 38.9 Å². The number of hydrogen-bond acceptors (Lipinski definition) is 4. The van der Waals surface area contributed by atoms with E-state index in [1.165, 1.54) is 22.4 Å². The zero-order valence-electron chi connectivity index (χ0n) is 10.8. The first kappa shape index (κ1) is 12.6. The zero-order chi connectivity index (χ0) is 13.2. The maximum absolute atomic E-state index is 6.15. The van der Waals surface area contributed by atoms with Gasteiger partial charge < -0.3 is 5.73 Å². The molecule has 0 bridgehead atoms. The van der Waals surface area contributed by atoms with Crippen LogP contribution in [0, 0.1) is 0 Å². The molecule has 3 rings (SSSR count). The predicted molar refractivity (Wildman–Crippen MR) is 86.0 cm³/mol. The minimum absolute atomic E-state index is 0.894. The molecular formula is C15H16N2S2. The summed E-state index contributed by atoms with van der Waals surface area (Å²) in [5.41, 5.74) is 8.32. The van der Waals surface area contributed by atoms with Crippen molar-refractivity contribution in [1.29, 1.82) is 0 Å². The normalized spacial score (nSPS) is 11.2. The highest BCUT2D eigenvalue weighted by Gasteiger charge is 2.12. The quantitative estimate of drug-likeness (QED) is 0.737. The summed E-state index contributed by atoms with van der Waals surface area (Å²) < 4.78 is 1.22. The lowest BCUT2D eigenvalue weighted by Gasteiger charge is -1.91. The average molecular weight is 288 g/mol. The Morgan fingerprint density at radius 1 is 1.21 bits per heavy atom. The molecule has 0 fully saturated rings. The van der Waals surface area contributed by atoms with Crippen molar-refractivity contribution in [2.75, 3.05) is 5.73 Å². The fraction of sp³-hybridized carbons (Fsp3) is 0.267. The lowest BCUT2D eigenvalue weighted by atomic mass is 10.2. The van der Waals surface area contributed by atoms with Crippen molar-refractivity contribution in [1.82, 2.24) is 4.98 Å². The molecule has 0 aliphatic rings. The molecule has 4 heteroatoms. The molecule has 2 heterocycles. The number of benzene rings is 1. The lowest BCUT2D eigenvalue weighted by Crippen LogP contribution is -1.81. The number of thiazole rings is 1. The van der Waals surface area contributed by atoms with Crippen LogP contribution in [0.4, 0.5) is 5.00 Å². The summed E-state index contributed by atoms with van der Waals surface area (Å²) >= 11 is 3.42. The highest BCUT2D eigenvalue weighted by Crippen LogP contribution is 2.38. The number of anilines is 1. The Bertz CT molecular complexity index is 664. The van der Waals surface area contributed by atoms with Crippen molar-refractivity contribution < 1.29 is 0 Å². The van der Waals surface area contributed by atoms with Crippen LogP contribution < -0.4 is 5.73 Å². The van der Waals surface area contributed by atoms with Crippen LogP contribution in [0.2, 0.25) is 0 Å². The van der Waals surface area contributed by atoms with Gasteiger partial charge in [-0.05, 0) is 31.0 Å². The molecule has 3 aromatic rings. The number of aromatic nitrogens is 1. The summed E-state index contributed by atoms with van der Waals surface area (Å²) in [7, 11) is 0. The number of fused-ring (bicyclic) bond motifs is 1. The number of unbranched alkanes of at least 4 members (excludes halogenated alkanes) is 1. The van der Waals surface area contributed by atoms with Crippen LogP contribution in [0.1, 0.15) is 24.6 Å². The van der Waals surface area contributed by atoms with Gasteiger partial charge >= 0.3 is 0 Å². The smallest absolute Gasteiger partial charge is 0.127 e. The molecule has 0 aliphatic heterocycles. The Morgan fingerprint density at radius 2 is 2.05 bits per heavy atom. The van der Waals surface area contributed by atoms with Gasteiger partial charge in [-0.25, -0.2) is 4.98 Å². The van der Waals surface area contributed by atoms with E-state index in [2.05, 4.69) is 30.1 Å². The number of aryl methyl sites for hydroxylation is 1. The van der Waals surface area contributed by atoms with E-state index in [4.69, 9.17) is 5.73 Å². The maximum atomic E-state index is 6.15. The summed E-state index contributed by atoms with van der Waals surface area (Å²) in [6, 6.07) is 10.4. The Kier molecular flexibility index (Phi) is 3.53. The first-order valence-electron chi connectivity index (χ1n) is 6.52. The summed E-state index contributed by atoms with van der Waals surface area (Å²) in [5, 5.41) is 1.93. The van der Waals surface area contributed by atoms with Gasteiger partial charge in [-0.1, -0.05) is 25.5 Å². The first-order valence-corrected chi connectivity index (χ1v) is 8.15. The number of nitrogens with two attached hydrogens (primary N) is 1. The summed E-state index contributed by atoms with van der Waals surface area (Å²) in [5.74, 6) is 0. The fourth-order valence-corrected chi connectivity index (χ4v) is 4.12. The molecule has 0 spiro atoms. The van der Waals surface area contributed by atoms with E-state index in [0.717, 1.165) is 27.5 Å². The second-order valence-electron chi connectivity index (χ2n) is 4.58. The summed E-state index contributed by atoms with van der Waals surface area (Å²) in [6.45, 7) is 2.21. The number of rotatable bonds is 4. The molecule has 2 aromatic heterocycles. The molecule has 2 N–H and O–H groups in total. The van der Waals surface area contributed by atoms with E-state index in [1.54, 1.807) is 22.7 Å². The molecule has 19 heavy (non-hydrogen) atoms. The molecule has 98 valence electrons. The third-order valence-corrected chi connectivity index (χ3v) is 5.21. The third kappa shape index (κ3) is 2.51. The molecule has 0 saturated carbocycles. The number of hydrogen-bond donors (Lipinski definition) is 1. The van der Waals surface area contributed by atoms with E-state index in [9.17, 15) is 0 Å². The Morgan fingerprint density at radius 3 is 2.84 bits per heavy atom. The van der Waals surface area contributed by atoms with Gasteiger partial charge in [0.1, 0.15) is 5.01 Å². The maximum Gasteiger partial charge on any atom is 0.127 e. The summed E-state index contributed by atoms with van der Waals surface area (Å²) in [6.07, 6.45) is 3.56. The van der Waals surface area contributed by atoms with Crippen LogP contribution >= 0.6 is 22.7 Å². The highest BCUT2D eigenvalue weighted by atomic mass is 32.1. The number of thiophene rings is 1. The van der Waals surface area contributed by atoms with Gasteiger partial charge in [0.05, 0.1) is 15.2 Å². The monoisotopic (exact) mass is 288 g/mol. The number of nitrogen functional groups attached to an aromatic ring is 1. The molecule has 2 nitrogen and oxygen atoms in total. The van der Waals surface area contributed by atoms with Crippen molar-refractivity contribution in [3.05, 3.63) is 35.2 Å². The van der Waals surface area contributed by atoms with Crippen LogP contribution in [-0.2, 0) is 6.42 Å². The number of nitrogens with zero attached hydrogens (tertiary/aromatic N) is 1. The number of para-hydroxylation sites is 1. The van der Waals surface area contributed by atoms with Crippen LogP contribution in [0.25, 0.3) is 20.8 Å². The van der Waals surface area contributed by atoms with Gasteiger partial charge in [-0.15, -0.1) is 22.7 Å². The lowest BCUT2D eigenvalue weighted by molar-refractivity contribution is 0.804. The Hall–Kier alpha value is -1.39. The Labute approximate surface area is 120 Å². The highest BCUT2D eigenvalue weighted by molar-refractivity contribution is 7.22. The molecule has 0 atom stereocenters. The fourth-order valence-electron chi connectivity index (χ4n) is 2.09. The van der Waals surface area contributed by atoms with Crippen molar-refractivity contribution in [2.24, 2.45) is 0 Å². The van der Waals surface area contributed by atoms with Crippen molar-refractivity contribution >= 4 is 37.9 Å². The molecule has 1 aromatic carbocycles. The summed E-state index contributed by atoms with van der Waals surface area (Å²) in [4.78, 5) is 6.05. The third-order valence-electron chi connectivity index (χ3n) is 3.11. The first-order chi connectivity index (χ1) is 9.28. The second kappa shape index (κ2) is 5.31. The van der Waals surface area contributed by atoms with Crippen LogP contribution in [0.15, 0.2) is 30.3 Å². The molecule has 0 aliphatic carbocycles. The predicted octanol–water partition coefficient (Wildman–Crippen LogP) is 4.95. The standard InChI is InChI=1S/C15H16N2S2/c1-2-3-6-10-9-11(14(16)18-10)15-17-12-7-4-5-8-13(12)19-15/h4-5,7-9H,2-3,6,16H2,1H3. The zero-order valence-corrected chi connectivity index (χ0v) is 12.5.